The van der Waals surface area contributed by atoms with Crippen LogP contribution in [0.5, 0.6) is 0 Å². The van der Waals surface area contributed by atoms with Crippen molar-refractivity contribution in [1.82, 2.24) is 0 Å². The summed E-state index contributed by atoms with van der Waals surface area (Å²) in [6.07, 6.45) is 0.940. The van der Waals surface area contributed by atoms with E-state index in [1.165, 1.54) is 87.6 Å². The van der Waals surface area contributed by atoms with Gasteiger partial charge in [-0.15, -0.1) is 0 Å². The highest BCUT2D eigenvalue weighted by Gasteiger charge is 2.27. The zero-order valence-corrected chi connectivity index (χ0v) is 22.6. The Morgan fingerprint density at radius 1 is 0.366 bits per heavy atom. The second-order valence-corrected chi connectivity index (χ2v) is 11.3. The van der Waals surface area contributed by atoms with Crippen molar-refractivity contribution in [3.05, 3.63) is 168 Å². The van der Waals surface area contributed by atoms with Crippen LogP contribution in [0.4, 0.5) is 0 Å². The number of rotatable bonds is 3. The summed E-state index contributed by atoms with van der Waals surface area (Å²) in [4.78, 5) is 0. The van der Waals surface area contributed by atoms with E-state index in [-0.39, 0.29) is 0 Å². The summed E-state index contributed by atoms with van der Waals surface area (Å²) in [5.74, 6) is 0. The van der Waals surface area contributed by atoms with E-state index >= 15 is 0 Å². The van der Waals surface area contributed by atoms with Crippen LogP contribution in [0.15, 0.2) is 146 Å². The Kier molecular flexibility index (Phi) is 4.77. The largest absolute Gasteiger partial charge is 0.0622 e. The van der Waals surface area contributed by atoms with Crippen molar-refractivity contribution in [3.8, 4) is 11.1 Å². The minimum Gasteiger partial charge on any atom is -0.0622 e. The van der Waals surface area contributed by atoms with Crippen LogP contribution < -0.4 is 0 Å². The van der Waals surface area contributed by atoms with Crippen LogP contribution in [0, 0.1) is 0 Å². The molecule has 0 spiro atoms. The minimum absolute atomic E-state index is 0.940. The van der Waals surface area contributed by atoms with Crippen LogP contribution >= 0.6 is 0 Å². The molecule has 8 aromatic carbocycles. The first kappa shape index (κ1) is 22.6. The molecule has 8 aromatic rings. The van der Waals surface area contributed by atoms with Gasteiger partial charge in [0.15, 0.2) is 0 Å². The summed E-state index contributed by atoms with van der Waals surface area (Å²) in [7, 11) is 0. The van der Waals surface area contributed by atoms with E-state index in [1.807, 2.05) is 0 Å². The third-order valence-corrected chi connectivity index (χ3v) is 9.06. The smallest absolute Gasteiger partial charge is 0.000110 e. The van der Waals surface area contributed by atoms with Crippen LogP contribution in [0.1, 0.15) is 22.3 Å². The average Bonchev–Trinajstić information content (AvgIpc) is 3.43. The molecule has 41 heavy (non-hydrogen) atoms. The number of hydrogen-bond donors (Lipinski definition) is 0. The quantitative estimate of drug-likeness (QED) is 0.204. The molecule has 1 aliphatic rings. The topological polar surface area (TPSA) is 0 Å². The SMILES string of the molecule is c1ccc(C2=C(c3ccccc3)c3cc4ccc5c(-c6ccc7ccccc7c6)ccc6ccc(c3C2)c4c65)cc1. The lowest BCUT2D eigenvalue weighted by Crippen LogP contribution is -1.93. The first-order valence-electron chi connectivity index (χ1n) is 14.4. The summed E-state index contributed by atoms with van der Waals surface area (Å²) in [6, 6.07) is 53.8. The molecule has 0 bridgehead atoms. The lowest BCUT2D eigenvalue weighted by molar-refractivity contribution is 1.35. The molecule has 0 atom stereocenters. The van der Waals surface area contributed by atoms with Gasteiger partial charge < -0.3 is 0 Å². The van der Waals surface area contributed by atoms with E-state index in [9.17, 15) is 0 Å². The molecule has 0 radical (unpaired) electrons. The lowest BCUT2D eigenvalue weighted by Gasteiger charge is -2.17. The van der Waals surface area contributed by atoms with E-state index in [0.717, 1.165) is 6.42 Å². The summed E-state index contributed by atoms with van der Waals surface area (Å²) in [5.41, 5.74) is 10.8. The van der Waals surface area contributed by atoms with Crippen molar-refractivity contribution < 1.29 is 0 Å². The fourth-order valence-electron chi connectivity index (χ4n) is 7.20. The molecule has 1 aliphatic carbocycles. The molecule has 0 aliphatic heterocycles. The van der Waals surface area contributed by atoms with Gasteiger partial charge in [0.05, 0.1) is 0 Å². The van der Waals surface area contributed by atoms with Gasteiger partial charge in [0, 0.05) is 0 Å². The highest BCUT2D eigenvalue weighted by Crippen LogP contribution is 2.48. The molecule has 0 nitrogen and oxygen atoms in total. The molecule has 0 heterocycles. The van der Waals surface area contributed by atoms with Crippen LogP contribution in [-0.2, 0) is 6.42 Å². The second-order valence-electron chi connectivity index (χ2n) is 11.3. The summed E-state index contributed by atoms with van der Waals surface area (Å²) < 4.78 is 0. The van der Waals surface area contributed by atoms with Gasteiger partial charge in [-0.05, 0) is 106 Å². The first-order chi connectivity index (χ1) is 20.3. The maximum atomic E-state index is 2.46. The zero-order chi connectivity index (χ0) is 26.9. The Morgan fingerprint density at radius 2 is 1.00 bits per heavy atom. The predicted molar refractivity (Wildman–Crippen MR) is 176 cm³/mol. The summed E-state index contributed by atoms with van der Waals surface area (Å²) in [5, 5.41) is 10.7. The van der Waals surface area contributed by atoms with Crippen molar-refractivity contribution in [1.29, 1.82) is 0 Å². The van der Waals surface area contributed by atoms with Crippen molar-refractivity contribution in [2.75, 3.05) is 0 Å². The maximum absolute atomic E-state index is 2.46. The second kappa shape index (κ2) is 8.65. The van der Waals surface area contributed by atoms with Crippen LogP contribution in [-0.4, -0.2) is 0 Å². The molecule has 190 valence electrons. The predicted octanol–water partition coefficient (Wildman–Crippen LogP) is 10.9. The Hall–Kier alpha value is -5.20. The lowest BCUT2D eigenvalue weighted by atomic mass is 9.86. The molecule has 0 fully saturated rings. The molecule has 9 rings (SSSR count). The van der Waals surface area contributed by atoms with Gasteiger partial charge in [-0.3, -0.25) is 0 Å². The van der Waals surface area contributed by atoms with Gasteiger partial charge in [0.2, 0.25) is 0 Å². The third-order valence-electron chi connectivity index (χ3n) is 9.06. The number of fused-ring (bicyclic) bond motifs is 3. The molecule has 0 N–H and O–H groups in total. The molecular formula is C41H26. The van der Waals surface area contributed by atoms with Crippen LogP contribution in [0.25, 0.3) is 65.4 Å². The Balaban J connectivity index is 1.32. The molecule has 0 heteroatoms. The summed E-state index contributed by atoms with van der Waals surface area (Å²) >= 11 is 0. The van der Waals surface area contributed by atoms with Gasteiger partial charge in [0.25, 0.3) is 0 Å². The highest BCUT2D eigenvalue weighted by atomic mass is 14.3. The fourth-order valence-corrected chi connectivity index (χ4v) is 7.20. The number of hydrogen-bond acceptors (Lipinski definition) is 0. The normalized spacial score (nSPS) is 13.2. The summed E-state index contributed by atoms with van der Waals surface area (Å²) in [6.45, 7) is 0. The minimum atomic E-state index is 0.940. The molecule has 0 saturated carbocycles. The maximum Gasteiger partial charge on any atom is -0.000110 e. The molecule has 0 amide bonds. The highest BCUT2D eigenvalue weighted by molar-refractivity contribution is 6.27. The molecule has 0 saturated heterocycles. The van der Waals surface area contributed by atoms with E-state index in [1.54, 1.807) is 0 Å². The fraction of sp³-hybridized carbons (Fsp3) is 0.0244. The van der Waals surface area contributed by atoms with Crippen molar-refractivity contribution in [3.63, 3.8) is 0 Å². The third kappa shape index (κ3) is 3.34. The Bertz CT molecular complexity index is 2300. The van der Waals surface area contributed by atoms with Crippen molar-refractivity contribution in [2.45, 2.75) is 6.42 Å². The van der Waals surface area contributed by atoms with Gasteiger partial charge in [0.1, 0.15) is 0 Å². The van der Waals surface area contributed by atoms with Crippen LogP contribution in [0.3, 0.4) is 0 Å². The van der Waals surface area contributed by atoms with E-state index in [4.69, 9.17) is 0 Å². The van der Waals surface area contributed by atoms with E-state index < -0.39 is 0 Å². The van der Waals surface area contributed by atoms with Crippen molar-refractivity contribution >= 4 is 54.2 Å². The molecule has 0 aromatic heterocycles. The molecule has 0 unspecified atom stereocenters. The number of benzene rings is 8. The van der Waals surface area contributed by atoms with E-state index in [0.29, 0.717) is 0 Å². The zero-order valence-electron chi connectivity index (χ0n) is 22.6. The molecular weight excluding hydrogens is 492 g/mol. The standard InChI is InChI=1S/C41H26/c1-3-10-27(11-4-1)36-25-37-35-21-18-29-17-20-33(31-16-15-26-9-7-8-14-30(26)23-31)34-22-19-32(41(35)40(29)34)24-38(37)39(36)28-12-5-2-6-13-28/h1-24H,25H2. The van der Waals surface area contributed by atoms with Gasteiger partial charge >= 0.3 is 0 Å². The van der Waals surface area contributed by atoms with Crippen molar-refractivity contribution in [2.24, 2.45) is 0 Å². The monoisotopic (exact) mass is 518 g/mol. The number of allylic oxidation sites excluding steroid dienone is 1. The van der Waals surface area contributed by atoms with Gasteiger partial charge in [-0.25, -0.2) is 0 Å². The Labute approximate surface area is 239 Å². The van der Waals surface area contributed by atoms with Gasteiger partial charge in [-0.2, -0.15) is 0 Å². The average molecular weight is 519 g/mol. The van der Waals surface area contributed by atoms with Crippen LogP contribution in [0.2, 0.25) is 0 Å². The van der Waals surface area contributed by atoms with Gasteiger partial charge in [-0.1, -0.05) is 133 Å². The van der Waals surface area contributed by atoms with E-state index in [2.05, 4.69) is 146 Å². The first-order valence-corrected chi connectivity index (χ1v) is 14.4. The Morgan fingerprint density at radius 3 is 1.83 bits per heavy atom.